The first-order valence-electron chi connectivity index (χ1n) is 5.00. The van der Waals surface area contributed by atoms with Crippen LogP contribution in [0.4, 0.5) is 0 Å². The van der Waals surface area contributed by atoms with Crippen molar-refractivity contribution in [2.24, 2.45) is 11.8 Å². The molecular weight excluding hydrogens is 164 g/mol. The Morgan fingerprint density at radius 3 is 3.15 bits per heavy atom. The summed E-state index contributed by atoms with van der Waals surface area (Å²) < 4.78 is 5.40. The van der Waals surface area contributed by atoms with Crippen LogP contribution in [0.5, 0.6) is 0 Å². The molecule has 0 radical (unpaired) electrons. The fraction of sp³-hybridized carbons (Fsp3) is 0.727. The molecule has 1 saturated heterocycles. The zero-order valence-corrected chi connectivity index (χ0v) is 8.08. The second kappa shape index (κ2) is 2.86. The third kappa shape index (κ3) is 1.28. The fourth-order valence-corrected chi connectivity index (χ4v) is 2.79. The average molecular weight is 180 g/mol. The molecule has 1 saturated carbocycles. The molecule has 0 aromatic rings. The van der Waals surface area contributed by atoms with E-state index in [0.717, 1.165) is 12.8 Å². The lowest BCUT2D eigenvalue weighted by atomic mass is 9.70. The monoisotopic (exact) mass is 180 g/mol. The highest BCUT2D eigenvalue weighted by atomic mass is 16.6. The van der Waals surface area contributed by atoms with Gasteiger partial charge in [-0.1, -0.05) is 6.08 Å². The zero-order chi connectivity index (χ0) is 9.47. The molecule has 0 amide bonds. The molecule has 0 bridgehead atoms. The van der Waals surface area contributed by atoms with Gasteiger partial charge in [-0.3, -0.25) is 4.79 Å². The number of carbonyl (C=O) groups is 1. The van der Waals surface area contributed by atoms with Crippen LogP contribution in [0.1, 0.15) is 32.6 Å². The molecular formula is C11H16O2. The van der Waals surface area contributed by atoms with Gasteiger partial charge < -0.3 is 4.74 Å². The molecule has 0 N–H and O–H groups in total. The minimum atomic E-state index is -0.186. The number of hydrogen-bond donors (Lipinski definition) is 0. The number of allylic oxidation sites excluding steroid dienone is 1. The molecule has 1 aliphatic carbocycles. The fourth-order valence-electron chi connectivity index (χ4n) is 2.79. The standard InChI is InChI=1S/C11H16O2/c1-3-8-5-4-6-11(2)9(8)7-10(12)13-11/h3,8-9H,1,4-7H2,2H3/t8-,9+,11-/m1/s1. The Morgan fingerprint density at radius 2 is 2.46 bits per heavy atom. The first kappa shape index (κ1) is 8.79. The largest absolute Gasteiger partial charge is 0.459 e. The summed E-state index contributed by atoms with van der Waals surface area (Å²) in [6.07, 6.45) is 5.92. The SMILES string of the molecule is C=C[C@@H]1CCC[C@@]2(C)OC(=O)C[C@@H]12. The quantitative estimate of drug-likeness (QED) is 0.457. The van der Waals surface area contributed by atoms with Crippen LogP contribution in [0, 0.1) is 11.8 Å². The van der Waals surface area contributed by atoms with Gasteiger partial charge in [0.2, 0.25) is 0 Å². The van der Waals surface area contributed by atoms with E-state index >= 15 is 0 Å². The molecule has 2 aliphatic rings. The van der Waals surface area contributed by atoms with Crippen molar-refractivity contribution in [1.29, 1.82) is 0 Å². The number of ether oxygens (including phenoxy) is 1. The van der Waals surface area contributed by atoms with E-state index in [-0.39, 0.29) is 11.6 Å². The summed E-state index contributed by atoms with van der Waals surface area (Å²) in [5.74, 6) is 0.831. The number of esters is 1. The van der Waals surface area contributed by atoms with E-state index in [4.69, 9.17) is 4.74 Å². The van der Waals surface area contributed by atoms with E-state index in [2.05, 4.69) is 13.5 Å². The van der Waals surface area contributed by atoms with Crippen molar-refractivity contribution in [3.63, 3.8) is 0 Å². The zero-order valence-electron chi connectivity index (χ0n) is 8.08. The second-order valence-corrected chi connectivity index (χ2v) is 4.39. The van der Waals surface area contributed by atoms with Gasteiger partial charge in [0.1, 0.15) is 5.60 Å². The molecule has 1 aliphatic heterocycles. The van der Waals surface area contributed by atoms with Crippen LogP contribution in [-0.2, 0) is 9.53 Å². The summed E-state index contributed by atoms with van der Waals surface area (Å²) in [5.41, 5.74) is -0.186. The molecule has 13 heavy (non-hydrogen) atoms. The smallest absolute Gasteiger partial charge is 0.306 e. The minimum Gasteiger partial charge on any atom is -0.459 e. The number of rotatable bonds is 1. The van der Waals surface area contributed by atoms with Gasteiger partial charge in [-0.15, -0.1) is 6.58 Å². The van der Waals surface area contributed by atoms with Crippen molar-refractivity contribution in [2.45, 2.75) is 38.2 Å². The van der Waals surface area contributed by atoms with Crippen LogP contribution in [0.2, 0.25) is 0 Å². The van der Waals surface area contributed by atoms with E-state index in [1.807, 2.05) is 6.08 Å². The highest BCUT2D eigenvalue weighted by Crippen LogP contribution is 2.46. The molecule has 2 nitrogen and oxygen atoms in total. The Kier molecular flexibility index (Phi) is 1.94. The lowest BCUT2D eigenvalue weighted by Gasteiger charge is -2.38. The first-order chi connectivity index (χ1) is 6.15. The Labute approximate surface area is 79.0 Å². The number of hydrogen-bond acceptors (Lipinski definition) is 2. The number of carbonyl (C=O) groups excluding carboxylic acids is 1. The summed E-state index contributed by atoms with van der Waals surface area (Å²) in [5, 5.41) is 0. The van der Waals surface area contributed by atoms with E-state index in [1.165, 1.54) is 6.42 Å². The maximum atomic E-state index is 11.2. The molecule has 2 rings (SSSR count). The molecule has 2 heteroatoms. The predicted octanol–water partition coefficient (Wildman–Crippen LogP) is 2.29. The van der Waals surface area contributed by atoms with Gasteiger partial charge in [0.25, 0.3) is 0 Å². The Balaban J connectivity index is 2.24. The van der Waals surface area contributed by atoms with Crippen LogP contribution in [0.15, 0.2) is 12.7 Å². The molecule has 0 spiro atoms. The van der Waals surface area contributed by atoms with Gasteiger partial charge in [-0.25, -0.2) is 0 Å². The molecule has 3 atom stereocenters. The van der Waals surface area contributed by atoms with Gasteiger partial charge in [-0.2, -0.15) is 0 Å². The Morgan fingerprint density at radius 1 is 1.69 bits per heavy atom. The summed E-state index contributed by atoms with van der Waals surface area (Å²) in [6, 6.07) is 0. The molecule has 0 unspecified atom stereocenters. The predicted molar refractivity (Wildman–Crippen MR) is 50.1 cm³/mol. The van der Waals surface area contributed by atoms with Crippen molar-refractivity contribution in [3.8, 4) is 0 Å². The maximum Gasteiger partial charge on any atom is 0.306 e. The van der Waals surface area contributed by atoms with Crippen LogP contribution in [0.3, 0.4) is 0 Å². The van der Waals surface area contributed by atoms with Crippen LogP contribution < -0.4 is 0 Å². The second-order valence-electron chi connectivity index (χ2n) is 4.39. The number of fused-ring (bicyclic) bond motifs is 1. The third-order valence-corrected chi connectivity index (χ3v) is 3.55. The molecule has 0 aromatic heterocycles. The first-order valence-corrected chi connectivity index (χ1v) is 5.00. The van der Waals surface area contributed by atoms with Crippen molar-refractivity contribution < 1.29 is 9.53 Å². The summed E-state index contributed by atoms with van der Waals surface area (Å²) in [6.45, 7) is 5.90. The topological polar surface area (TPSA) is 26.3 Å². The normalized spacial score (nSPS) is 43.9. The Bertz CT molecular complexity index is 246. The van der Waals surface area contributed by atoms with Gasteiger partial charge in [0, 0.05) is 5.92 Å². The highest BCUT2D eigenvalue weighted by Gasteiger charge is 2.49. The highest BCUT2D eigenvalue weighted by molar-refractivity contribution is 5.73. The van der Waals surface area contributed by atoms with E-state index in [1.54, 1.807) is 0 Å². The van der Waals surface area contributed by atoms with Crippen molar-refractivity contribution in [3.05, 3.63) is 12.7 Å². The van der Waals surface area contributed by atoms with Crippen molar-refractivity contribution in [2.75, 3.05) is 0 Å². The summed E-state index contributed by atoms with van der Waals surface area (Å²) in [4.78, 5) is 11.2. The summed E-state index contributed by atoms with van der Waals surface area (Å²) >= 11 is 0. The van der Waals surface area contributed by atoms with E-state index in [0.29, 0.717) is 18.3 Å². The van der Waals surface area contributed by atoms with Crippen LogP contribution in [0.25, 0.3) is 0 Å². The van der Waals surface area contributed by atoms with E-state index < -0.39 is 0 Å². The lowest BCUT2D eigenvalue weighted by Crippen LogP contribution is -2.39. The Hall–Kier alpha value is -0.790. The van der Waals surface area contributed by atoms with Gasteiger partial charge in [0.05, 0.1) is 6.42 Å². The maximum absolute atomic E-state index is 11.2. The van der Waals surface area contributed by atoms with Gasteiger partial charge in [-0.05, 0) is 32.1 Å². The van der Waals surface area contributed by atoms with Gasteiger partial charge in [0.15, 0.2) is 0 Å². The average Bonchev–Trinajstić information content (AvgIpc) is 2.38. The lowest BCUT2D eigenvalue weighted by molar-refractivity contribution is -0.149. The van der Waals surface area contributed by atoms with Crippen LogP contribution in [-0.4, -0.2) is 11.6 Å². The third-order valence-electron chi connectivity index (χ3n) is 3.55. The van der Waals surface area contributed by atoms with Crippen molar-refractivity contribution in [1.82, 2.24) is 0 Å². The van der Waals surface area contributed by atoms with Crippen molar-refractivity contribution >= 4 is 5.97 Å². The van der Waals surface area contributed by atoms with Crippen LogP contribution >= 0.6 is 0 Å². The molecule has 2 fully saturated rings. The minimum absolute atomic E-state index is 0.0266. The molecule has 72 valence electrons. The van der Waals surface area contributed by atoms with E-state index in [9.17, 15) is 4.79 Å². The molecule has 0 aromatic carbocycles. The van der Waals surface area contributed by atoms with Gasteiger partial charge >= 0.3 is 5.97 Å². The summed E-state index contributed by atoms with van der Waals surface area (Å²) in [7, 11) is 0. The molecule has 1 heterocycles.